The molecule has 0 radical (unpaired) electrons. The molecule has 0 aliphatic heterocycles. The number of halogens is 2. The third-order valence-corrected chi connectivity index (χ3v) is 16.2. The number of Topliss-reactive ketones (excluding diaryl/α,β-unsaturated/α-hetero) is 2. The summed E-state index contributed by atoms with van der Waals surface area (Å²) in [6.07, 6.45) is 36.7. The Morgan fingerprint density at radius 3 is 1.10 bits per heavy atom. The van der Waals surface area contributed by atoms with Crippen molar-refractivity contribution in [2.24, 2.45) is 59.2 Å². The van der Waals surface area contributed by atoms with E-state index in [9.17, 15) is 9.59 Å². The molecule has 0 aromatic rings. The summed E-state index contributed by atoms with van der Waals surface area (Å²) in [6, 6.07) is 0. The van der Waals surface area contributed by atoms with Crippen LogP contribution in [-0.2, 0) is 9.59 Å². The second kappa shape index (κ2) is 20.5. The van der Waals surface area contributed by atoms with Crippen LogP contribution in [0.3, 0.4) is 0 Å². The lowest BCUT2D eigenvalue weighted by Gasteiger charge is -2.50. The Bertz CT molecular complexity index is 890. The molecule has 5 saturated carbocycles. The summed E-state index contributed by atoms with van der Waals surface area (Å²) < 4.78 is 0. The van der Waals surface area contributed by atoms with E-state index in [0.29, 0.717) is 56.7 Å². The Hall–Kier alpha value is 0.300. The van der Waals surface area contributed by atoms with Gasteiger partial charge in [-0.2, -0.15) is 0 Å². The Labute approximate surface area is 313 Å². The summed E-state index contributed by atoms with van der Waals surface area (Å²) >= 11 is 7.92. The van der Waals surface area contributed by atoms with Crippen LogP contribution in [0.2, 0.25) is 0 Å². The number of carbonyl (C=O) groups excluding carboxylic acids is 2. The van der Waals surface area contributed by atoms with Crippen molar-refractivity contribution in [1.29, 1.82) is 0 Å². The van der Waals surface area contributed by atoms with Crippen molar-refractivity contribution in [2.75, 3.05) is 0 Å². The van der Waals surface area contributed by atoms with Gasteiger partial charge in [0.05, 0.1) is 0 Å². The molecule has 0 aromatic heterocycles. The molecule has 0 N–H and O–H groups in total. The van der Waals surface area contributed by atoms with E-state index >= 15 is 0 Å². The predicted octanol–water partition coefficient (Wildman–Crippen LogP) is 13.8. The number of unbranched alkanes of at least 4 members (excludes halogenated alkanes) is 18. The lowest BCUT2D eigenvalue weighted by Crippen LogP contribution is -2.48. The van der Waals surface area contributed by atoms with Crippen LogP contribution in [0.4, 0.5) is 0 Å². The molecule has 5 rings (SSSR count). The van der Waals surface area contributed by atoms with Gasteiger partial charge in [0.2, 0.25) is 0 Å². The minimum absolute atomic E-state index is 0.249. The van der Waals surface area contributed by atoms with E-state index in [4.69, 9.17) is 0 Å². The first-order valence-corrected chi connectivity index (χ1v) is 23.7. The first-order valence-electron chi connectivity index (χ1n) is 21.8. The SMILES string of the molecule is CCCCCCCCCCCCC1C2C(=O)C3CC(Br)CCC3C2C(CCCCCCCCCCCC)C2C(=O)C3CC(Br)CCC3C12. The molecule has 0 spiro atoms. The molecule has 0 bridgehead atoms. The normalized spacial score (nSPS) is 37.3. The number of hydrogen-bond donors (Lipinski definition) is 0. The standard InChI is InChI=1S/C44H74Br2O2/c1-3-5-7-9-11-13-15-17-19-21-23-35-39-33-27-25-31(45)29-37(33)44(48)42(39)36(24-22-20-18-16-14-12-10-8-6-4-2)40-34-28-26-32(46)30-38(34)43(47)41(35)40/h31-42H,3-30H2,1-2H3. The van der Waals surface area contributed by atoms with Gasteiger partial charge in [-0.25, -0.2) is 0 Å². The van der Waals surface area contributed by atoms with Crippen LogP contribution < -0.4 is 0 Å². The fourth-order valence-electron chi connectivity index (χ4n) is 12.4. The molecule has 0 heterocycles. The molecular weight excluding hydrogens is 720 g/mol. The summed E-state index contributed by atoms with van der Waals surface area (Å²) in [4.78, 5) is 30.3. The summed E-state index contributed by atoms with van der Waals surface area (Å²) in [5, 5.41) is 0. The van der Waals surface area contributed by atoms with Crippen LogP contribution >= 0.6 is 31.9 Å². The summed E-state index contributed by atoms with van der Waals surface area (Å²) in [7, 11) is 0. The molecule has 2 nitrogen and oxygen atoms in total. The molecular formula is C44H74Br2O2. The molecule has 0 saturated heterocycles. The van der Waals surface area contributed by atoms with Crippen LogP contribution in [0.15, 0.2) is 0 Å². The number of fused-ring (bicyclic) bond motifs is 6. The minimum atomic E-state index is 0.249. The second-order valence-corrected chi connectivity index (χ2v) is 20.2. The molecule has 48 heavy (non-hydrogen) atoms. The highest BCUT2D eigenvalue weighted by atomic mass is 79.9. The third-order valence-electron chi connectivity index (χ3n) is 14.6. The van der Waals surface area contributed by atoms with Gasteiger partial charge < -0.3 is 0 Å². The van der Waals surface area contributed by atoms with Gasteiger partial charge in [-0.1, -0.05) is 174 Å². The van der Waals surface area contributed by atoms with Crippen LogP contribution in [-0.4, -0.2) is 21.2 Å². The largest absolute Gasteiger partial charge is 0.299 e. The Morgan fingerprint density at radius 2 is 0.771 bits per heavy atom. The lowest BCUT2D eigenvalue weighted by molar-refractivity contribution is -0.136. The van der Waals surface area contributed by atoms with Gasteiger partial charge in [-0.05, 0) is 86.9 Å². The van der Waals surface area contributed by atoms with Crippen molar-refractivity contribution in [3.63, 3.8) is 0 Å². The Kier molecular flexibility index (Phi) is 16.9. The fraction of sp³-hybridized carbons (Fsp3) is 0.955. The summed E-state index contributed by atoms with van der Waals surface area (Å²) in [5.74, 6) is 5.31. The van der Waals surface area contributed by atoms with Crippen LogP contribution in [0.25, 0.3) is 0 Å². The molecule has 4 heteroatoms. The van der Waals surface area contributed by atoms with Gasteiger partial charge in [0, 0.05) is 33.3 Å². The third kappa shape index (κ3) is 9.83. The van der Waals surface area contributed by atoms with Gasteiger partial charge in [-0.15, -0.1) is 0 Å². The van der Waals surface area contributed by atoms with Crippen molar-refractivity contribution in [1.82, 2.24) is 0 Å². The lowest BCUT2D eigenvalue weighted by atomic mass is 9.53. The van der Waals surface area contributed by atoms with Gasteiger partial charge in [0.1, 0.15) is 11.6 Å². The highest BCUT2D eigenvalue weighted by Gasteiger charge is 2.67. The van der Waals surface area contributed by atoms with Crippen molar-refractivity contribution < 1.29 is 9.59 Å². The smallest absolute Gasteiger partial charge is 0.139 e. The number of carbonyl (C=O) groups is 2. The quantitative estimate of drug-likeness (QED) is 0.0808. The van der Waals surface area contributed by atoms with E-state index in [-0.39, 0.29) is 23.7 Å². The average Bonchev–Trinajstić information content (AvgIpc) is 3.53. The van der Waals surface area contributed by atoms with Crippen molar-refractivity contribution >= 4 is 43.4 Å². The zero-order valence-corrected chi connectivity index (χ0v) is 34.5. The molecule has 12 unspecified atom stereocenters. The first-order chi connectivity index (χ1) is 23.5. The monoisotopic (exact) mass is 792 g/mol. The van der Waals surface area contributed by atoms with E-state index in [1.165, 1.54) is 167 Å². The van der Waals surface area contributed by atoms with Crippen molar-refractivity contribution in [3.05, 3.63) is 0 Å². The molecule has 0 amide bonds. The zero-order chi connectivity index (χ0) is 33.9. The highest BCUT2D eigenvalue weighted by Crippen LogP contribution is 2.66. The van der Waals surface area contributed by atoms with Crippen LogP contribution in [0, 0.1) is 59.2 Å². The summed E-state index contributed by atoms with van der Waals surface area (Å²) in [5.41, 5.74) is 0. The van der Waals surface area contributed by atoms with E-state index < -0.39 is 0 Å². The van der Waals surface area contributed by atoms with Crippen molar-refractivity contribution in [2.45, 2.75) is 203 Å². The highest BCUT2D eigenvalue weighted by molar-refractivity contribution is 9.09. The van der Waals surface area contributed by atoms with E-state index in [2.05, 4.69) is 45.7 Å². The van der Waals surface area contributed by atoms with E-state index in [0.717, 1.165) is 12.8 Å². The Balaban J connectivity index is 1.26. The molecule has 0 aromatic carbocycles. The Morgan fingerprint density at radius 1 is 0.458 bits per heavy atom. The maximum absolute atomic E-state index is 14.7. The number of alkyl halides is 2. The van der Waals surface area contributed by atoms with E-state index in [1.807, 2.05) is 0 Å². The predicted molar refractivity (Wildman–Crippen MR) is 211 cm³/mol. The van der Waals surface area contributed by atoms with Gasteiger partial charge in [0.25, 0.3) is 0 Å². The van der Waals surface area contributed by atoms with Gasteiger partial charge in [0.15, 0.2) is 0 Å². The first kappa shape index (κ1) is 39.5. The topological polar surface area (TPSA) is 34.1 Å². The number of rotatable bonds is 22. The fourth-order valence-corrected chi connectivity index (χ4v) is 13.7. The molecule has 12 atom stereocenters. The van der Waals surface area contributed by atoms with Crippen LogP contribution in [0.1, 0.15) is 194 Å². The molecule has 276 valence electrons. The van der Waals surface area contributed by atoms with Gasteiger partial charge in [-0.3, -0.25) is 9.59 Å². The molecule has 5 aliphatic rings. The maximum Gasteiger partial charge on any atom is 0.139 e. The van der Waals surface area contributed by atoms with Crippen LogP contribution in [0.5, 0.6) is 0 Å². The number of hydrogen-bond acceptors (Lipinski definition) is 2. The van der Waals surface area contributed by atoms with Crippen molar-refractivity contribution in [3.8, 4) is 0 Å². The minimum Gasteiger partial charge on any atom is -0.299 e. The molecule has 5 aliphatic carbocycles. The zero-order valence-electron chi connectivity index (χ0n) is 31.3. The maximum atomic E-state index is 14.7. The number of ketones is 2. The second-order valence-electron chi connectivity index (χ2n) is 17.6. The average molecular weight is 795 g/mol. The van der Waals surface area contributed by atoms with Gasteiger partial charge >= 0.3 is 0 Å². The molecule has 5 fully saturated rings. The summed E-state index contributed by atoms with van der Waals surface area (Å²) in [6.45, 7) is 4.60. The van der Waals surface area contributed by atoms with E-state index in [1.54, 1.807) is 0 Å².